The summed E-state index contributed by atoms with van der Waals surface area (Å²) < 4.78 is 15.6. The molecule has 20 heavy (non-hydrogen) atoms. The molecule has 0 aliphatic heterocycles. The standard InChI is InChI=1S/C14H17NO4S/c1-17-8-10-13(7-16)20-14(15-10)9-4-5-11(18-2)12(6-9)19-3/h4-6,16H,7-8H2,1-3H3. The summed E-state index contributed by atoms with van der Waals surface area (Å²) in [5.74, 6) is 1.33. The number of rotatable bonds is 6. The summed E-state index contributed by atoms with van der Waals surface area (Å²) in [6, 6.07) is 5.62. The molecule has 0 aliphatic carbocycles. The lowest BCUT2D eigenvalue weighted by Crippen LogP contribution is -1.93. The fourth-order valence-corrected chi connectivity index (χ4v) is 2.77. The molecule has 108 valence electrons. The van der Waals surface area contributed by atoms with Crippen molar-refractivity contribution in [3.8, 4) is 22.1 Å². The molecule has 0 saturated carbocycles. The van der Waals surface area contributed by atoms with E-state index in [1.54, 1.807) is 21.3 Å². The van der Waals surface area contributed by atoms with E-state index in [4.69, 9.17) is 14.2 Å². The van der Waals surface area contributed by atoms with Gasteiger partial charge in [0, 0.05) is 12.7 Å². The summed E-state index contributed by atoms with van der Waals surface area (Å²) in [6.45, 7) is 0.351. The molecule has 0 saturated heterocycles. The first-order chi connectivity index (χ1) is 9.73. The maximum absolute atomic E-state index is 9.36. The molecule has 0 bridgehead atoms. The summed E-state index contributed by atoms with van der Waals surface area (Å²) in [7, 11) is 4.80. The highest BCUT2D eigenvalue weighted by molar-refractivity contribution is 7.15. The number of aliphatic hydroxyl groups is 1. The van der Waals surface area contributed by atoms with E-state index < -0.39 is 0 Å². The quantitative estimate of drug-likeness (QED) is 0.887. The third-order valence-electron chi connectivity index (χ3n) is 2.83. The number of hydrogen-bond acceptors (Lipinski definition) is 6. The Morgan fingerprint density at radius 3 is 2.50 bits per heavy atom. The van der Waals surface area contributed by atoms with Crippen LogP contribution < -0.4 is 9.47 Å². The lowest BCUT2D eigenvalue weighted by atomic mass is 10.2. The molecule has 1 aromatic carbocycles. The van der Waals surface area contributed by atoms with Gasteiger partial charge in [-0.3, -0.25) is 0 Å². The Hall–Kier alpha value is -1.63. The largest absolute Gasteiger partial charge is 0.493 e. The van der Waals surface area contributed by atoms with Crippen LogP contribution in [0.3, 0.4) is 0 Å². The number of aromatic nitrogens is 1. The minimum absolute atomic E-state index is 0.0380. The van der Waals surface area contributed by atoms with Gasteiger partial charge >= 0.3 is 0 Å². The van der Waals surface area contributed by atoms with Gasteiger partial charge < -0.3 is 19.3 Å². The molecular weight excluding hydrogens is 278 g/mol. The van der Waals surface area contributed by atoms with Crippen molar-refractivity contribution in [1.82, 2.24) is 4.98 Å². The van der Waals surface area contributed by atoms with Crippen LogP contribution in [0.15, 0.2) is 18.2 Å². The van der Waals surface area contributed by atoms with Gasteiger partial charge in [-0.05, 0) is 18.2 Å². The number of aliphatic hydroxyl groups excluding tert-OH is 1. The zero-order valence-corrected chi connectivity index (χ0v) is 12.5. The van der Waals surface area contributed by atoms with E-state index in [-0.39, 0.29) is 6.61 Å². The van der Waals surface area contributed by atoms with E-state index >= 15 is 0 Å². The van der Waals surface area contributed by atoms with Crippen molar-refractivity contribution in [3.05, 3.63) is 28.8 Å². The number of hydrogen-bond donors (Lipinski definition) is 1. The van der Waals surface area contributed by atoms with Crippen LogP contribution in [0.4, 0.5) is 0 Å². The molecule has 0 aliphatic rings. The average Bonchev–Trinajstić information content (AvgIpc) is 2.90. The van der Waals surface area contributed by atoms with E-state index in [1.165, 1.54) is 11.3 Å². The van der Waals surface area contributed by atoms with E-state index in [0.29, 0.717) is 18.1 Å². The Kier molecular flexibility index (Phi) is 4.94. The highest BCUT2D eigenvalue weighted by atomic mass is 32.1. The predicted octanol–water partition coefficient (Wildman–Crippen LogP) is 2.47. The first-order valence-corrected chi connectivity index (χ1v) is 6.85. The average molecular weight is 295 g/mol. The van der Waals surface area contributed by atoms with Gasteiger partial charge in [0.1, 0.15) is 5.01 Å². The normalized spacial score (nSPS) is 10.6. The number of nitrogens with zero attached hydrogens (tertiary/aromatic N) is 1. The minimum atomic E-state index is -0.0380. The summed E-state index contributed by atoms with van der Waals surface area (Å²) in [6.07, 6.45) is 0. The summed E-state index contributed by atoms with van der Waals surface area (Å²) >= 11 is 1.45. The second-order valence-electron chi connectivity index (χ2n) is 4.05. The van der Waals surface area contributed by atoms with Gasteiger partial charge in [0.2, 0.25) is 0 Å². The monoisotopic (exact) mass is 295 g/mol. The highest BCUT2D eigenvalue weighted by Gasteiger charge is 2.13. The minimum Gasteiger partial charge on any atom is -0.493 e. The molecule has 0 radical (unpaired) electrons. The predicted molar refractivity (Wildman–Crippen MR) is 77.3 cm³/mol. The molecule has 0 unspecified atom stereocenters. The van der Waals surface area contributed by atoms with Gasteiger partial charge in [-0.15, -0.1) is 11.3 Å². The van der Waals surface area contributed by atoms with Gasteiger partial charge in [-0.1, -0.05) is 0 Å². The third-order valence-corrected chi connectivity index (χ3v) is 3.96. The van der Waals surface area contributed by atoms with Gasteiger partial charge in [0.15, 0.2) is 11.5 Å². The first kappa shape index (κ1) is 14.8. The number of benzene rings is 1. The molecule has 0 amide bonds. The van der Waals surface area contributed by atoms with E-state index in [0.717, 1.165) is 21.1 Å². The number of ether oxygens (including phenoxy) is 3. The smallest absolute Gasteiger partial charge is 0.161 e. The summed E-state index contributed by atoms with van der Waals surface area (Å²) in [5, 5.41) is 10.2. The van der Waals surface area contributed by atoms with E-state index in [2.05, 4.69) is 4.98 Å². The van der Waals surface area contributed by atoms with Crippen LogP contribution in [-0.4, -0.2) is 31.4 Å². The molecule has 2 rings (SSSR count). The molecule has 1 aromatic heterocycles. The lowest BCUT2D eigenvalue weighted by Gasteiger charge is -2.08. The van der Waals surface area contributed by atoms with Crippen LogP contribution in [0.1, 0.15) is 10.6 Å². The maximum atomic E-state index is 9.36. The Balaban J connectivity index is 2.40. The molecule has 6 heteroatoms. The van der Waals surface area contributed by atoms with Crippen molar-refractivity contribution >= 4 is 11.3 Å². The van der Waals surface area contributed by atoms with E-state index in [1.807, 2.05) is 18.2 Å². The molecule has 2 aromatic rings. The molecule has 0 spiro atoms. The molecule has 0 fully saturated rings. The Morgan fingerprint density at radius 2 is 1.90 bits per heavy atom. The van der Waals surface area contributed by atoms with Crippen molar-refractivity contribution in [3.63, 3.8) is 0 Å². The fraction of sp³-hybridized carbons (Fsp3) is 0.357. The van der Waals surface area contributed by atoms with Gasteiger partial charge in [0.05, 0.1) is 38.0 Å². The summed E-state index contributed by atoms with van der Waals surface area (Å²) in [5.41, 5.74) is 1.69. The van der Waals surface area contributed by atoms with Crippen LogP contribution in [0.2, 0.25) is 0 Å². The van der Waals surface area contributed by atoms with E-state index in [9.17, 15) is 5.11 Å². The zero-order chi connectivity index (χ0) is 14.5. The molecule has 1 heterocycles. The zero-order valence-electron chi connectivity index (χ0n) is 11.7. The van der Waals surface area contributed by atoms with Crippen molar-refractivity contribution in [1.29, 1.82) is 0 Å². The molecule has 1 N–H and O–H groups in total. The lowest BCUT2D eigenvalue weighted by molar-refractivity contribution is 0.179. The van der Waals surface area contributed by atoms with Crippen LogP contribution in [0.5, 0.6) is 11.5 Å². The SMILES string of the molecule is COCc1nc(-c2ccc(OC)c(OC)c2)sc1CO. The number of methoxy groups -OCH3 is 3. The third kappa shape index (κ3) is 2.92. The number of thiazole rings is 1. The second kappa shape index (κ2) is 6.69. The van der Waals surface area contributed by atoms with Crippen LogP contribution in [-0.2, 0) is 18.0 Å². The Morgan fingerprint density at radius 1 is 1.15 bits per heavy atom. The molecule has 0 atom stereocenters. The Bertz CT molecular complexity index is 583. The highest BCUT2D eigenvalue weighted by Crippen LogP contribution is 2.35. The fourth-order valence-electron chi connectivity index (χ4n) is 1.85. The molecule has 5 nitrogen and oxygen atoms in total. The topological polar surface area (TPSA) is 60.8 Å². The van der Waals surface area contributed by atoms with Crippen LogP contribution in [0.25, 0.3) is 10.6 Å². The Labute approximate surface area is 121 Å². The van der Waals surface area contributed by atoms with Gasteiger partial charge in [0.25, 0.3) is 0 Å². The van der Waals surface area contributed by atoms with Crippen molar-refractivity contribution in [2.45, 2.75) is 13.2 Å². The molecular formula is C14H17NO4S. The second-order valence-corrected chi connectivity index (χ2v) is 5.13. The summed E-state index contributed by atoms with van der Waals surface area (Å²) in [4.78, 5) is 5.33. The van der Waals surface area contributed by atoms with Crippen LogP contribution in [0, 0.1) is 0 Å². The van der Waals surface area contributed by atoms with Crippen LogP contribution >= 0.6 is 11.3 Å². The van der Waals surface area contributed by atoms with Gasteiger partial charge in [-0.25, -0.2) is 4.98 Å². The maximum Gasteiger partial charge on any atom is 0.161 e. The van der Waals surface area contributed by atoms with Crippen molar-refractivity contribution < 1.29 is 19.3 Å². The van der Waals surface area contributed by atoms with Crippen molar-refractivity contribution in [2.75, 3.05) is 21.3 Å². The first-order valence-electron chi connectivity index (χ1n) is 6.04. The van der Waals surface area contributed by atoms with Crippen molar-refractivity contribution in [2.24, 2.45) is 0 Å². The van der Waals surface area contributed by atoms with Gasteiger partial charge in [-0.2, -0.15) is 0 Å².